The first-order valence-corrected chi connectivity index (χ1v) is 4.76. The molecule has 3 nitrogen and oxygen atoms in total. The Balaban J connectivity index is 2.58. The quantitative estimate of drug-likeness (QED) is 0.743. The fourth-order valence-electron chi connectivity index (χ4n) is 1.34. The van der Waals surface area contributed by atoms with Gasteiger partial charge in [-0.05, 0) is 31.4 Å². The molecule has 0 aliphatic rings. The number of aromatic hydroxyl groups is 1. The Labute approximate surface area is 88.7 Å². The fraction of sp³-hybridized carbons (Fsp3) is 0.250. The second-order valence-corrected chi connectivity index (χ2v) is 3.46. The van der Waals surface area contributed by atoms with Crippen molar-refractivity contribution in [3.05, 3.63) is 41.5 Å². The van der Waals surface area contributed by atoms with E-state index in [4.69, 9.17) is 5.11 Å². The van der Waals surface area contributed by atoms with Crippen LogP contribution in [-0.2, 0) is 11.2 Å². The normalized spacial score (nSPS) is 11.4. The molecule has 80 valence electrons. The van der Waals surface area contributed by atoms with Crippen LogP contribution in [0.3, 0.4) is 0 Å². The minimum absolute atomic E-state index is 0.264. The van der Waals surface area contributed by atoms with Gasteiger partial charge in [0.15, 0.2) is 0 Å². The van der Waals surface area contributed by atoms with Crippen molar-refractivity contribution in [3.63, 3.8) is 0 Å². The molecule has 0 aliphatic carbocycles. The number of aryl methyl sites for hydroxylation is 1. The van der Waals surface area contributed by atoms with Crippen molar-refractivity contribution in [2.24, 2.45) is 0 Å². The van der Waals surface area contributed by atoms with Gasteiger partial charge in [-0.25, -0.2) is 4.79 Å². The van der Waals surface area contributed by atoms with Crippen LogP contribution in [0.25, 0.3) is 0 Å². The summed E-state index contributed by atoms with van der Waals surface area (Å²) < 4.78 is 0. The largest absolute Gasteiger partial charge is 0.508 e. The maximum atomic E-state index is 10.4. The smallest absolute Gasteiger partial charge is 0.328 e. The molecule has 1 rings (SSSR count). The minimum atomic E-state index is -0.926. The van der Waals surface area contributed by atoms with E-state index in [1.165, 1.54) is 6.08 Å². The fourth-order valence-corrected chi connectivity index (χ4v) is 1.34. The Morgan fingerprint density at radius 2 is 2.07 bits per heavy atom. The van der Waals surface area contributed by atoms with E-state index in [1.54, 1.807) is 19.1 Å². The van der Waals surface area contributed by atoms with Crippen LogP contribution in [-0.4, -0.2) is 16.2 Å². The number of carboxylic acid groups (broad SMARTS) is 1. The predicted molar refractivity (Wildman–Crippen MR) is 57.8 cm³/mol. The third-order valence-corrected chi connectivity index (χ3v) is 2.15. The van der Waals surface area contributed by atoms with Crippen LogP contribution in [0.5, 0.6) is 5.75 Å². The standard InChI is InChI=1S/C12H14O3/c1-9(8-12(14)15)6-7-10-4-2-3-5-11(10)13/h2-5,8,13H,6-7H2,1H3,(H,14,15)/b9-8+. The van der Waals surface area contributed by atoms with Gasteiger partial charge in [0, 0.05) is 6.08 Å². The molecule has 3 heteroatoms. The van der Waals surface area contributed by atoms with E-state index in [9.17, 15) is 9.90 Å². The van der Waals surface area contributed by atoms with Crippen LogP contribution in [0.4, 0.5) is 0 Å². The summed E-state index contributed by atoms with van der Waals surface area (Å²) in [6.07, 6.45) is 2.49. The van der Waals surface area contributed by atoms with Gasteiger partial charge in [0.1, 0.15) is 5.75 Å². The molecule has 0 aromatic heterocycles. The number of allylic oxidation sites excluding steroid dienone is 1. The number of carbonyl (C=O) groups is 1. The summed E-state index contributed by atoms with van der Waals surface area (Å²) in [5.41, 5.74) is 1.64. The number of aliphatic carboxylic acids is 1. The molecule has 0 amide bonds. The van der Waals surface area contributed by atoms with Gasteiger partial charge in [0.2, 0.25) is 0 Å². The van der Waals surface area contributed by atoms with Crippen molar-refractivity contribution in [3.8, 4) is 5.75 Å². The lowest BCUT2D eigenvalue weighted by molar-refractivity contribution is -0.131. The van der Waals surface area contributed by atoms with Gasteiger partial charge >= 0.3 is 5.97 Å². The minimum Gasteiger partial charge on any atom is -0.508 e. The van der Waals surface area contributed by atoms with Gasteiger partial charge in [-0.15, -0.1) is 0 Å². The summed E-state index contributed by atoms with van der Waals surface area (Å²) >= 11 is 0. The van der Waals surface area contributed by atoms with Crippen LogP contribution in [0.15, 0.2) is 35.9 Å². The molecule has 15 heavy (non-hydrogen) atoms. The molecule has 0 atom stereocenters. The summed E-state index contributed by atoms with van der Waals surface area (Å²) in [6.45, 7) is 1.77. The molecule has 0 saturated carbocycles. The number of hydrogen-bond donors (Lipinski definition) is 2. The van der Waals surface area contributed by atoms with Gasteiger partial charge in [0.25, 0.3) is 0 Å². The molecule has 0 radical (unpaired) electrons. The molecular formula is C12H14O3. The molecule has 1 aromatic carbocycles. The molecule has 0 fully saturated rings. The zero-order valence-corrected chi connectivity index (χ0v) is 8.60. The van der Waals surface area contributed by atoms with Crippen molar-refractivity contribution in [2.45, 2.75) is 19.8 Å². The number of phenols is 1. The lowest BCUT2D eigenvalue weighted by Gasteiger charge is -2.03. The summed E-state index contributed by atoms with van der Waals surface area (Å²) in [7, 11) is 0. The molecule has 0 spiro atoms. The van der Waals surface area contributed by atoms with Crippen LogP contribution < -0.4 is 0 Å². The Hall–Kier alpha value is -1.77. The second kappa shape index (κ2) is 5.20. The van der Waals surface area contributed by atoms with Crippen molar-refractivity contribution >= 4 is 5.97 Å². The molecule has 0 bridgehead atoms. The van der Waals surface area contributed by atoms with Gasteiger partial charge < -0.3 is 10.2 Å². The number of hydrogen-bond acceptors (Lipinski definition) is 2. The highest BCUT2D eigenvalue weighted by atomic mass is 16.4. The molecule has 0 heterocycles. The maximum Gasteiger partial charge on any atom is 0.328 e. The average Bonchev–Trinajstić information content (AvgIpc) is 2.15. The Kier molecular flexibility index (Phi) is 3.92. The zero-order valence-electron chi connectivity index (χ0n) is 8.60. The van der Waals surface area contributed by atoms with Crippen LogP contribution >= 0.6 is 0 Å². The average molecular weight is 206 g/mol. The van der Waals surface area contributed by atoms with Crippen LogP contribution in [0, 0.1) is 0 Å². The first-order chi connectivity index (χ1) is 7.09. The molecule has 1 aromatic rings. The van der Waals surface area contributed by atoms with Gasteiger partial charge in [0.05, 0.1) is 0 Å². The topological polar surface area (TPSA) is 57.5 Å². The van der Waals surface area contributed by atoms with Crippen LogP contribution in [0.2, 0.25) is 0 Å². The Bertz CT molecular complexity index is 380. The van der Waals surface area contributed by atoms with Crippen molar-refractivity contribution in [1.82, 2.24) is 0 Å². The molecule has 0 unspecified atom stereocenters. The molecule has 0 saturated heterocycles. The van der Waals surface area contributed by atoms with Crippen molar-refractivity contribution in [2.75, 3.05) is 0 Å². The summed E-state index contributed by atoms with van der Waals surface area (Å²) in [6, 6.07) is 7.08. The van der Waals surface area contributed by atoms with E-state index >= 15 is 0 Å². The zero-order chi connectivity index (χ0) is 11.3. The third-order valence-electron chi connectivity index (χ3n) is 2.15. The maximum absolute atomic E-state index is 10.4. The van der Waals surface area contributed by atoms with E-state index in [2.05, 4.69) is 0 Å². The van der Waals surface area contributed by atoms with Crippen LogP contribution in [0.1, 0.15) is 18.9 Å². The predicted octanol–water partition coefficient (Wildman–Crippen LogP) is 2.36. The van der Waals surface area contributed by atoms with Gasteiger partial charge in [-0.2, -0.15) is 0 Å². The summed E-state index contributed by atoms with van der Waals surface area (Å²) in [5, 5.41) is 18.0. The second-order valence-electron chi connectivity index (χ2n) is 3.46. The molecular weight excluding hydrogens is 192 g/mol. The number of benzene rings is 1. The lowest BCUT2D eigenvalue weighted by Crippen LogP contribution is -1.92. The van der Waals surface area contributed by atoms with E-state index in [-0.39, 0.29) is 5.75 Å². The van der Waals surface area contributed by atoms with Gasteiger partial charge in [-0.1, -0.05) is 23.8 Å². The number of rotatable bonds is 4. The highest BCUT2D eigenvalue weighted by molar-refractivity contribution is 5.80. The number of phenolic OH excluding ortho intramolecular Hbond substituents is 1. The lowest BCUT2D eigenvalue weighted by atomic mass is 10.0. The first kappa shape index (κ1) is 11.3. The first-order valence-electron chi connectivity index (χ1n) is 4.76. The SMILES string of the molecule is C/C(=C\C(=O)O)CCc1ccccc1O. The summed E-state index contributed by atoms with van der Waals surface area (Å²) in [4.78, 5) is 10.4. The van der Waals surface area contributed by atoms with E-state index in [1.807, 2.05) is 12.1 Å². The molecule has 2 N–H and O–H groups in total. The van der Waals surface area contributed by atoms with E-state index in [0.717, 1.165) is 11.1 Å². The number of carboxylic acids is 1. The third kappa shape index (κ3) is 3.85. The van der Waals surface area contributed by atoms with E-state index in [0.29, 0.717) is 12.8 Å². The van der Waals surface area contributed by atoms with Crippen molar-refractivity contribution < 1.29 is 15.0 Å². The van der Waals surface area contributed by atoms with Crippen molar-refractivity contribution in [1.29, 1.82) is 0 Å². The molecule has 0 aliphatic heterocycles. The monoisotopic (exact) mass is 206 g/mol. The van der Waals surface area contributed by atoms with E-state index < -0.39 is 5.97 Å². The highest BCUT2D eigenvalue weighted by Crippen LogP contribution is 2.18. The Morgan fingerprint density at radius 3 is 2.67 bits per heavy atom. The Morgan fingerprint density at radius 1 is 1.40 bits per heavy atom. The summed E-state index contributed by atoms with van der Waals surface area (Å²) in [5.74, 6) is -0.662. The highest BCUT2D eigenvalue weighted by Gasteiger charge is 2.00. The number of para-hydroxylation sites is 1. The van der Waals surface area contributed by atoms with Gasteiger partial charge in [-0.3, -0.25) is 0 Å².